The molecule has 1 unspecified atom stereocenters. The lowest BCUT2D eigenvalue weighted by atomic mass is 9.86. The third-order valence-corrected chi connectivity index (χ3v) is 4.96. The van der Waals surface area contributed by atoms with Crippen LogP contribution in [0.3, 0.4) is 0 Å². The van der Waals surface area contributed by atoms with Gasteiger partial charge in [0.15, 0.2) is 0 Å². The molecule has 0 spiro atoms. The van der Waals surface area contributed by atoms with E-state index < -0.39 is 0 Å². The van der Waals surface area contributed by atoms with Crippen LogP contribution in [0.4, 0.5) is 0 Å². The van der Waals surface area contributed by atoms with Crippen LogP contribution >= 0.6 is 22.9 Å². The first kappa shape index (κ1) is 14.3. The van der Waals surface area contributed by atoms with Crippen LogP contribution in [0.2, 0.25) is 4.34 Å². The van der Waals surface area contributed by atoms with E-state index in [0.29, 0.717) is 6.04 Å². The van der Waals surface area contributed by atoms with Gasteiger partial charge in [0, 0.05) is 19.2 Å². The van der Waals surface area contributed by atoms with E-state index in [1.807, 2.05) is 0 Å². The Morgan fingerprint density at radius 3 is 2.94 bits per heavy atom. The fraction of sp³-hybridized carbons (Fsp3) is 0.769. The molecule has 102 valence electrons. The van der Waals surface area contributed by atoms with Gasteiger partial charge in [0.25, 0.3) is 0 Å². The quantitative estimate of drug-likeness (QED) is 0.898. The summed E-state index contributed by atoms with van der Waals surface area (Å²) in [4.78, 5) is 4.27. The van der Waals surface area contributed by atoms with Crippen molar-refractivity contribution in [3.63, 3.8) is 0 Å². The van der Waals surface area contributed by atoms with Crippen LogP contribution in [0.1, 0.15) is 44.5 Å². The van der Waals surface area contributed by atoms with Crippen molar-refractivity contribution in [2.45, 2.75) is 57.7 Å². The summed E-state index contributed by atoms with van der Waals surface area (Å²) >= 11 is 7.43. The molecule has 5 heteroatoms. The van der Waals surface area contributed by atoms with E-state index in [9.17, 15) is 0 Å². The molecule has 1 aliphatic heterocycles. The Morgan fingerprint density at radius 2 is 2.33 bits per heavy atom. The Bertz CT molecular complexity index is 379. The zero-order chi connectivity index (χ0) is 13.0. The molecule has 18 heavy (non-hydrogen) atoms. The Kier molecular flexibility index (Phi) is 5.01. The maximum atomic E-state index is 5.98. The lowest BCUT2D eigenvalue weighted by molar-refractivity contribution is -0.0932. The van der Waals surface area contributed by atoms with Crippen molar-refractivity contribution in [2.75, 3.05) is 6.61 Å². The van der Waals surface area contributed by atoms with Gasteiger partial charge in [-0.2, -0.15) is 0 Å². The summed E-state index contributed by atoms with van der Waals surface area (Å²) in [7, 11) is 0. The first-order chi connectivity index (χ1) is 8.67. The van der Waals surface area contributed by atoms with E-state index in [4.69, 9.17) is 16.3 Å². The number of hydrogen-bond donors (Lipinski definition) is 1. The highest BCUT2D eigenvalue weighted by Crippen LogP contribution is 2.31. The van der Waals surface area contributed by atoms with Gasteiger partial charge in [-0.3, -0.25) is 0 Å². The lowest BCUT2D eigenvalue weighted by Crippen LogP contribution is -2.46. The average Bonchev–Trinajstić information content (AvgIpc) is 2.82. The summed E-state index contributed by atoms with van der Waals surface area (Å²) in [6.07, 6.45) is 6.07. The summed E-state index contributed by atoms with van der Waals surface area (Å²) in [5.41, 5.74) is 0.0798. The van der Waals surface area contributed by atoms with Gasteiger partial charge in [0.2, 0.25) is 0 Å². The van der Waals surface area contributed by atoms with Gasteiger partial charge in [-0.25, -0.2) is 4.98 Å². The molecule has 1 saturated heterocycles. The lowest BCUT2D eigenvalue weighted by Gasteiger charge is -2.40. The summed E-state index contributed by atoms with van der Waals surface area (Å²) in [5.74, 6) is 0. The van der Waals surface area contributed by atoms with Crippen molar-refractivity contribution >= 4 is 22.9 Å². The van der Waals surface area contributed by atoms with Crippen LogP contribution in [-0.4, -0.2) is 23.2 Å². The highest BCUT2D eigenvalue weighted by Gasteiger charge is 2.34. The number of rotatable bonds is 5. The number of hydrogen-bond acceptors (Lipinski definition) is 4. The Morgan fingerprint density at radius 1 is 1.56 bits per heavy atom. The van der Waals surface area contributed by atoms with Crippen LogP contribution in [0, 0.1) is 0 Å². The standard InChI is InChI=1S/C13H21ClN2OS/c1-3-13(4-2)7-10(5-6-17-13)15-9-12-16-8-11(14)18-12/h8,10,15H,3-7,9H2,1-2H3. The highest BCUT2D eigenvalue weighted by atomic mass is 35.5. The highest BCUT2D eigenvalue weighted by molar-refractivity contribution is 7.15. The zero-order valence-corrected chi connectivity index (χ0v) is 12.6. The largest absolute Gasteiger partial charge is 0.375 e. The van der Waals surface area contributed by atoms with Crippen molar-refractivity contribution in [3.8, 4) is 0 Å². The fourth-order valence-electron chi connectivity index (χ4n) is 2.55. The van der Waals surface area contributed by atoms with Crippen LogP contribution in [0.25, 0.3) is 0 Å². The molecule has 1 atom stereocenters. The molecule has 2 rings (SSSR count). The van der Waals surface area contributed by atoms with E-state index in [2.05, 4.69) is 24.1 Å². The predicted octanol–water partition coefficient (Wildman–Crippen LogP) is 3.62. The average molecular weight is 289 g/mol. The van der Waals surface area contributed by atoms with Gasteiger partial charge >= 0.3 is 0 Å². The van der Waals surface area contributed by atoms with E-state index in [1.54, 1.807) is 17.5 Å². The number of nitrogens with zero attached hydrogens (tertiary/aromatic N) is 1. The molecular formula is C13H21ClN2OS. The Balaban J connectivity index is 1.86. The fourth-order valence-corrected chi connectivity index (χ4v) is 3.45. The number of aromatic nitrogens is 1. The summed E-state index contributed by atoms with van der Waals surface area (Å²) in [5, 5.41) is 4.64. The normalized spacial score (nSPS) is 23.2. The molecule has 0 bridgehead atoms. The minimum Gasteiger partial charge on any atom is -0.375 e. The molecule has 1 aromatic heterocycles. The predicted molar refractivity (Wildman–Crippen MR) is 76.3 cm³/mol. The smallest absolute Gasteiger partial charge is 0.113 e. The molecule has 1 aromatic rings. The maximum absolute atomic E-state index is 5.98. The van der Waals surface area contributed by atoms with Gasteiger partial charge in [-0.1, -0.05) is 25.4 Å². The summed E-state index contributed by atoms with van der Waals surface area (Å²) < 4.78 is 6.74. The van der Waals surface area contributed by atoms with Crippen LogP contribution in [0.5, 0.6) is 0 Å². The third kappa shape index (κ3) is 3.44. The number of thiazole rings is 1. The first-order valence-electron chi connectivity index (χ1n) is 6.65. The van der Waals surface area contributed by atoms with Crippen LogP contribution in [0.15, 0.2) is 6.20 Å². The second-order valence-corrected chi connectivity index (χ2v) is 6.61. The monoisotopic (exact) mass is 288 g/mol. The van der Waals surface area contributed by atoms with Gasteiger partial charge < -0.3 is 10.1 Å². The van der Waals surface area contributed by atoms with Gasteiger partial charge in [0.05, 0.1) is 11.8 Å². The van der Waals surface area contributed by atoms with E-state index in [-0.39, 0.29) is 5.60 Å². The topological polar surface area (TPSA) is 34.2 Å². The molecule has 1 aliphatic rings. The molecule has 0 aromatic carbocycles. The summed E-state index contributed by atoms with van der Waals surface area (Å²) in [6, 6.07) is 0.529. The van der Waals surface area contributed by atoms with Crippen LogP contribution < -0.4 is 5.32 Å². The number of ether oxygens (including phenoxy) is 1. The van der Waals surface area contributed by atoms with Crippen LogP contribution in [-0.2, 0) is 11.3 Å². The van der Waals surface area contributed by atoms with Crippen molar-refractivity contribution in [1.29, 1.82) is 0 Å². The maximum Gasteiger partial charge on any atom is 0.113 e. The molecule has 1 N–H and O–H groups in total. The molecule has 0 radical (unpaired) electrons. The molecule has 1 fully saturated rings. The molecule has 0 aliphatic carbocycles. The second-order valence-electron chi connectivity index (χ2n) is 4.87. The van der Waals surface area contributed by atoms with Crippen molar-refractivity contribution in [1.82, 2.24) is 10.3 Å². The summed E-state index contributed by atoms with van der Waals surface area (Å²) in [6.45, 7) is 6.10. The minimum atomic E-state index is 0.0798. The molecule has 0 saturated carbocycles. The number of nitrogens with one attached hydrogen (secondary N) is 1. The molecular weight excluding hydrogens is 268 g/mol. The second kappa shape index (κ2) is 6.33. The molecule has 3 nitrogen and oxygen atoms in total. The minimum absolute atomic E-state index is 0.0798. The molecule has 2 heterocycles. The first-order valence-corrected chi connectivity index (χ1v) is 7.84. The van der Waals surface area contributed by atoms with E-state index >= 15 is 0 Å². The SMILES string of the molecule is CCC1(CC)CC(NCc2ncc(Cl)s2)CCO1. The third-order valence-electron chi connectivity index (χ3n) is 3.85. The number of halogens is 1. The van der Waals surface area contributed by atoms with Crippen molar-refractivity contribution in [3.05, 3.63) is 15.5 Å². The van der Waals surface area contributed by atoms with Crippen molar-refractivity contribution < 1.29 is 4.74 Å². The van der Waals surface area contributed by atoms with Gasteiger partial charge in [-0.15, -0.1) is 11.3 Å². The Hall–Kier alpha value is -0.160. The zero-order valence-electron chi connectivity index (χ0n) is 11.0. The van der Waals surface area contributed by atoms with E-state index in [0.717, 1.165) is 48.2 Å². The van der Waals surface area contributed by atoms with E-state index in [1.165, 1.54) is 0 Å². The Labute approximate surface area is 118 Å². The van der Waals surface area contributed by atoms with Gasteiger partial charge in [0.1, 0.15) is 9.34 Å². The van der Waals surface area contributed by atoms with Crippen molar-refractivity contribution in [2.24, 2.45) is 0 Å². The molecule has 0 amide bonds. The van der Waals surface area contributed by atoms with Gasteiger partial charge in [-0.05, 0) is 25.7 Å².